The van der Waals surface area contributed by atoms with Crippen LogP contribution in [-0.4, -0.2) is 50.8 Å². The molecule has 0 bridgehead atoms. The molecule has 0 radical (unpaired) electrons. The third kappa shape index (κ3) is 2.99. The maximum atomic E-state index is 12.7. The topological polar surface area (TPSA) is 32.3 Å². The minimum Gasteiger partial charge on any atom is -0.320 e. The van der Waals surface area contributed by atoms with Gasteiger partial charge in [-0.15, -0.1) is 0 Å². The predicted molar refractivity (Wildman–Crippen MR) is 51.6 cm³/mol. The van der Waals surface area contributed by atoms with Crippen LogP contribution in [0.2, 0.25) is 0 Å². The normalized spacial score (nSPS) is 15.9. The van der Waals surface area contributed by atoms with Gasteiger partial charge in [0.1, 0.15) is 11.8 Å². The molecule has 14 heavy (non-hydrogen) atoms. The third-order valence-electron chi connectivity index (χ3n) is 2.42. The van der Waals surface area contributed by atoms with Crippen molar-refractivity contribution in [2.24, 2.45) is 0 Å². The average molecular weight is 208 g/mol. The zero-order chi connectivity index (χ0) is 11.2. The van der Waals surface area contributed by atoms with Crippen molar-refractivity contribution in [1.29, 1.82) is 0 Å². The zero-order valence-electron chi connectivity index (χ0n) is 8.89. The zero-order valence-corrected chi connectivity index (χ0v) is 8.89. The van der Waals surface area contributed by atoms with Crippen molar-refractivity contribution in [3.63, 3.8) is 0 Å². The number of hydrogen-bond acceptors (Lipinski definition) is 3. The Hall–Kier alpha value is -0.550. The maximum Gasteiger partial charge on any atom is 0.263 e. The number of carbonyl (C=O) groups is 1. The molecule has 0 aromatic heterocycles. The Morgan fingerprint density at radius 2 is 2.07 bits per heavy atom. The molecule has 0 aliphatic rings. The Morgan fingerprint density at radius 1 is 1.50 bits per heavy atom. The molecule has 5 heteroatoms. The molecule has 1 atom stereocenters. The van der Waals surface area contributed by atoms with Crippen LogP contribution in [0.4, 0.5) is 8.78 Å². The fraction of sp³-hybridized carbons (Fsp3) is 0.889. The fourth-order valence-electron chi connectivity index (χ4n) is 1.29. The summed E-state index contributed by atoms with van der Waals surface area (Å²) in [6, 6.07) is 0. The molecule has 0 fully saturated rings. The second kappa shape index (κ2) is 6.03. The second-order valence-electron chi connectivity index (χ2n) is 3.51. The minimum atomic E-state index is -2.65. The van der Waals surface area contributed by atoms with Crippen LogP contribution in [0.3, 0.4) is 0 Å². The molecule has 0 spiro atoms. The highest BCUT2D eigenvalue weighted by molar-refractivity contribution is 5.65. The van der Waals surface area contributed by atoms with Gasteiger partial charge in [-0.1, -0.05) is 0 Å². The van der Waals surface area contributed by atoms with Gasteiger partial charge in [0.2, 0.25) is 0 Å². The summed E-state index contributed by atoms with van der Waals surface area (Å²) in [5.74, 6) is 0. The van der Waals surface area contributed by atoms with Gasteiger partial charge in [0.15, 0.2) is 0 Å². The van der Waals surface area contributed by atoms with Gasteiger partial charge in [0.25, 0.3) is 6.43 Å². The van der Waals surface area contributed by atoms with E-state index in [1.54, 1.807) is 7.05 Å². The molecule has 84 valence electrons. The van der Waals surface area contributed by atoms with Gasteiger partial charge >= 0.3 is 0 Å². The van der Waals surface area contributed by atoms with E-state index in [0.717, 1.165) is 0 Å². The van der Waals surface area contributed by atoms with Gasteiger partial charge in [-0.2, -0.15) is 0 Å². The van der Waals surface area contributed by atoms with E-state index in [4.69, 9.17) is 0 Å². The molecule has 0 heterocycles. The van der Waals surface area contributed by atoms with Crippen LogP contribution < -0.4 is 5.32 Å². The average Bonchev–Trinajstić information content (AvgIpc) is 2.11. The standard InChI is InChI=1S/C9H18F2N2O/c1-12-6-4-5-9(7-14,8(10)11)13(2)3/h7-8,12H,4-6H2,1-3H3. The second-order valence-corrected chi connectivity index (χ2v) is 3.51. The van der Waals surface area contributed by atoms with E-state index in [1.807, 2.05) is 0 Å². The van der Waals surface area contributed by atoms with Crippen LogP contribution >= 0.6 is 0 Å². The van der Waals surface area contributed by atoms with Gasteiger partial charge < -0.3 is 10.1 Å². The van der Waals surface area contributed by atoms with E-state index in [0.29, 0.717) is 19.3 Å². The minimum absolute atomic E-state index is 0.169. The highest BCUT2D eigenvalue weighted by atomic mass is 19.3. The van der Waals surface area contributed by atoms with Crippen molar-refractivity contribution in [3.05, 3.63) is 0 Å². The molecule has 0 amide bonds. The van der Waals surface area contributed by atoms with Crippen LogP contribution in [0.1, 0.15) is 12.8 Å². The number of aldehydes is 1. The van der Waals surface area contributed by atoms with Crippen molar-refractivity contribution in [1.82, 2.24) is 10.2 Å². The van der Waals surface area contributed by atoms with E-state index in [2.05, 4.69) is 5.32 Å². The van der Waals surface area contributed by atoms with Gasteiger partial charge in [0, 0.05) is 0 Å². The first-order valence-corrected chi connectivity index (χ1v) is 4.57. The molecule has 0 rings (SSSR count). The molecular formula is C9H18F2N2O. The largest absolute Gasteiger partial charge is 0.320 e. The van der Waals surface area contributed by atoms with Crippen LogP contribution in [0, 0.1) is 0 Å². The number of nitrogens with zero attached hydrogens (tertiary/aromatic N) is 1. The van der Waals surface area contributed by atoms with Crippen LogP contribution in [0.5, 0.6) is 0 Å². The highest BCUT2D eigenvalue weighted by Gasteiger charge is 2.41. The number of halogens is 2. The Labute approximate surface area is 83.5 Å². The van der Waals surface area contributed by atoms with Crippen LogP contribution in [0.15, 0.2) is 0 Å². The number of rotatable bonds is 7. The Morgan fingerprint density at radius 3 is 2.36 bits per heavy atom. The monoisotopic (exact) mass is 208 g/mol. The van der Waals surface area contributed by atoms with E-state index >= 15 is 0 Å². The summed E-state index contributed by atoms with van der Waals surface area (Å²) >= 11 is 0. The lowest BCUT2D eigenvalue weighted by Gasteiger charge is -2.33. The SMILES string of the molecule is CNCCCC(C=O)(C(F)F)N(C)C. The summed E-state index contributed by atoms with van der Waals surface area (Å²) in [6.07, 6.45) is -1.57. The number of alkyl halides is 2. The smallest absolute Gasteiger partial charge is 0.263 e. The van der Waals surface area contributed by atoms with Crippen LogP contribution in [-0.2, 0) is 4.79 Å². The molecule has 1 N–H and O–H groups in total. The molecule has 0 saturated heterocycles. The van der Waals surface area contributed by atoms with Gasteiger partial charge in [-0.25, -0.2) is 8.78 Å². The highest BCUT2D eigenvalue weighted by Crippen LogP contribution is 2.24. The molecule has 0 aliphatic carbocycles. The number of nitrogens with one attached hydrogen (secondary N) is 1. The first-order valence-electron chi connectivity index (χ1n) is 4.57. The molecule has 0 aromatic carbocycles. The lowest BCUT2D eigenvalue weighted by molar-refractivity contribution is -0.128. The van der Waals surface area contributed by atoms with Crippen molar-refractivity contribution in [2.75, 3.05) is 27.7 Å². The number of likely N-dealkylation sites (N-methyl/N-ethyl adjacent to an activating group) is 1. The summed E-state index contributed by atoms with van der Waals surface area (Å²) in [5, 5.41) is 2.86. The molecule has 0 aromatic rings. The fourth-order valence-corrected chi connectivity index (χ4v) is 1.29. The van der Waals surface area contributed by atoms with Crippen LogP contribution in [0.25, 0.3) is 0 Å². The molecule has 0 aliphatic heterocycles. The Kier molecular flexibility index (Phi) is 5.79. The van der Waals surface area contributed by atoms with Crippen molar-refractivity contribution >= 4 is 6.29 Å². The first-order chi connectivity index (χ1) is 6.51. The van der Waals surface area contributed by atoms with Gasteiger partial charge in [-0.3, -0.25) is 4.90 Å². The van der Waals surface area contributed by atoms with Crippen molar-refractivity contribution < 1.29 is 13.6 Å². The van der Waals surface area contributed by atoms with Gasteiger partial charge in [0.05, 0.1) is 0 Å². The Bertz CT molecular complexity index is 166. The predicted octanol–water partition coefficient (Wildman–Crippen LogP) is 0.750. The van der Waals surface area contributed by atoms with Crippen molar-refractivity contribution in [2.45, 2.75) is 24.8 Å². The van der Waals surface area contributed by atoms with E-state index in [-0.39, 0.29) is 6.42 Å². The Balaban J connectivity index is 4.43. The summed E-state index contributed by atoms with van der Waals surface area (Å²) in [7, 11) is 4.75. The quantitative estimate of drug-likeness (QED) is 0.495. The number of carbonyl (C=O) groups excluding carboxylic acids is 1. The molecule has 0 saturated carbocycles. The van der Waals surface area contributed by atoms with Crippen molar-refractivity contribution in [3.8, 4) is 0 Å². The molecular weight excluding hydrogens is 190 g/mol. The van der Waals surface area contributed by atoms with E-state index < -0.39 is 12.0 Å². The van der Waals surface area contributed by atoms with E-state index in [9.17, 15) is 13.6 Å². The molecule has 3 nitrogen and oxygen atoms in total. The van der Waals surface area contributed by atoms with Gasteiger partial charge in [-0.05, 0) is 40.5 Å². The summed E-state index contributed by atoms with van der Waals surface area (Å²) < 4.78 is 25.5. The summed E-state index contributed by atoms with van der Waals surface area (Å²) in [4.78, 5) is 12.1. The first kappa shape index (κ1) is 13.4. The summed E-state index contributed by atoms with van der Waals surface area (Å²) in [5.41, 5.74) is -1.63. The lowest BCUT2D eigenvalue weighted by atomic mass is 9.94. The maximum absolute atomic E-state index is 12.7. The third-order valence-corrected chi connectivity index (χ3v) is 2.42. The van der Waals surface area contributed by atoms with E-state index in [1.165, 1.54) is 19.0 Å². The molecule has 1 unspecified atom stereocenters. The number of hydrogen-bond donors (Lipinski definition) is 1. The summed E-state index contributed by atoms with van der Waals surface area (Å²) in [6.45, 7) is 0.635. The lowest BCUT2D eigenvalue weighted by Crippen LogP contribution is -2.52.